The number of rotatable bonds is 5. The molecule has 1 unspecified atom stereocenters. The van der Waals surface area contributed by atoms with Crippen molar-refractivity contribution in [1.82, 2.24) is 5.32 Å². The molecular weight excluding hydrogens is 376 g/mol. The Morgan fingerprint density at radius 2 is 1.95 bits per heavy atom. The van der Waals surface area contributed by atoms with Crippen molar-refractivity contribution in [2.24, 2.45) is 0 Å². The predicted molar refractivity (Wildman–Crippen MR) is 90.7 cm³/mol. The maximum absolute atomic E-state index is 13.4. The van der Waals surface area contributed by atoms with Crippen LogP contribution in [0, 0.1) is 5.82 Å². The van der Waals surface area contributed by atoms with E-state index in [4.69, 9.17) is 23.2 Å². The number of hydrogen-bond donors (Lipinski definition) is 1. The van der Waals surface area contributed by atoms with Gasteiger partial charge in [0, 0.05) is 20.6 Å². The highest BCUT2D eigenvalue weighted by Gasteiger charge is 2.16. The number of hydrogen-bond acceptors (Lipinski definition) is 1. The molecule has 21 heavy (non-hydrogen) atoms. The van der Waals surface area contributed by atoms with E-state index in [-0.39, 0.29) is 11.9 Å². The smallest absolute Gasteiger partial charge is 0.123 e. The molecule has 0 radical (unpaired) electrons. The fraction of sp³-hybridized carbons (Fsp3) is 0.250. The first-order valence-corrected chi connectivity index (χ1v) is 8.18. The van der Waals surface area contributed by atoms with E-state index in [0.717, 1.165) is 22.1 Å². The summed E-state index contributed by atoms with van der Waals surface area (Å²) in [6.07, 6.45) is 0.602. The summed E-state index contributed by atoms with van der Waals surface area (Å²) in [5.74, 6) is -0.278. The molecule has 0 saturated heterocycles. The van der Waals surface area contributed by atoms with Crippen molar-refractivity contribution >= 4 is 39.1 Å². The summed E-state index contributed by atoms with van der Waals surface area (Å²) in [4.78, 5) is 0. The van der Waals surface area contributed by atoms with Crippen LogP contribution in [-0.4, -0.2) is 6.54 Å². The Hall–Kier alpha value is -0.610. The Kier molecular flexibility index (Phi) is 6.06. The highest BCUT2D eigenvalue weighted by atomic mass is 79.9. The zero-order valence-electron chi connectivity index (χ0n) is 11.5. The van der Waals surface area contributed by atoms with Gasteiger partial charge in [0.1, 0.15) is 5.82 Å². The third kappa shape index (κ3) is 4.43. The molecule has 0 saturated carbocycles. The molecular formula is C16H15BrCl2FN. The highest BCUT2D eigenvalue weighted by molar-refractivity contribution is 9.10. The molecule has 112 valence electrons. The molecule has 1 N–H and O–H groups in total. The molecule has 0 aliphatic carbocycles. The second-order valence-electron chi connectivity index (χ2n) is 4.72. The minimum atomic E-state index is -0.278. The first-order valence-electron chi connectivity index (χ1n) is 6.63. The van der Waals surface area contributed by atoms with Crippen molar-refractivity contribution < 1.29 is 4.39 Å². The molecule has 0 spiro atoms. The Labute approximate surface area is 142 Å². The summed E-state index contributed by atoms with van der Waals surface area (Å²) in [6.45, 7) is 2.83. The van der Waals surface area contributed by atoms with Crippen LogP contribution in [0.25, 0.3) is 0 Å². The fourth-order valence-electron chi connectivity index (χ4n) is 2.24. The van der Waals surface area contributed by atoms with E-state index >= 15 is 0 Å². The van der Waals surface area contributed by atoms with Gasteiger partial charge in [-0.2, -0.15) is 0 Å². The van der Waals surface area contributed by atoms with Gasteiger partial charge in [-0.1, -0.05) is 52.1 Å². The van der Waals surface area contributed by atoms with Gasteiger partial charge in [0.05, 0.1) is 0 Å². The van der Waals surface area contributed by atoms with Gasteiger partial charge in [-0.05, 0) is 54.4 Å². The van der Waals surface area contributed by atoms with Gasteiger partial charge in [0.2, 0.25) is 0 Å². The van der Waals surface area contributed by atoms with E-state index in [9.17, 15) is 4.39 Å². The standard InChI is InChI=1S/C16H15BrCl2FN/c1-2-21-16(13-5-3-11(18)9-14(13)17)8-10-7-12(20)4-6-15(10)19/h3-7,9,16,21H,2,8H2,1H3. The van der Waals surface area contributed by atoms with E-state index in [1.165, 1.54) is 12.1 Å². The van der Waals surface area contributed by atoms with Gasteiger partial charge in [0.15, 0.2) is 0 Å². The molecule has 2 aromatic carbocycles. The van der Waals surface area contributed by atoms with Crippen LogP contribution in [0.1, 0.15) is 24.1 Å². The number of nitrogens with one attached hydrogen (secondary N) is 1. The van der Waals surface area contributed by atoms with E-state index in [0.29, 0.717) is 16.5 Å². The number of halogens is 4. The zero-order chi connectivity index (χ0) is 15.4. The summed E-state index contributed by atoms with van der Waals surface area (Å²) < 4.78 is 14.3. The van der Waals surface area contributed by atoms with Crippen LogP contribution >= 0.6 is 39.1 Å². The Morgan fingerprint density at radius 3 is 2.62 bits per heavy atom. The SMILES string of the molecule is CCNC(Cc1cc(F)ccc1Cl)c1ccc(Cl)cc1Br. The van der Waals surface area contributed by atoms with E-state index < -0.39 is 0 Å². The number of benzene rings is 2. The van der Waals surface area contributed by atoms with Gasteiger partial charge in [-0.25, -0.2) is 4.39 Å². The van der Waals surface area contributed by atoms with Crippen molar-refractivity contribution in [2.45, 2.75) is 19.4 Å². The monoisotopic (exact) mass is 389 g/mol. The van der Waals surface area contributed by atoms with E-state index in [2.05, 4.69) is 21.2 Å². The van der Waals surface area contributed by atoms with Gasteiger partial charge in [0.25, 0.3) is 0 Å². The van der Waals surface area contributed by atoms with E-state index in [1.807, 2.05) is 25.1 Å². The number of likely N-dealkylation sites (N-methyl/N-ethyl adjacent to an activating group) is 1. The van der Waals surface area contributed by atoms with Crippen molar-refractivity contribution in [1.29, 1.82) is 0 Å². The van der Waals surface area contributed by atoms with Gasteiger partial charge < -0.3 is 5.32 Å². The zero-order valence-corrected chi connectivity index (χ0v) is 14.6. The molecule has 0 fully saturated rings. The molecule has 0 bridgehead atoms. The van der Waals surface area contributed by atoms with Crippen LogP contribution in [0.2, 0.25) is 10.0 Å². The summed E-state index contributed by atoms with van der Waals surface area (Å²) in [5, 5.41) is 4.64. The quantitative estimate of drug-likeness (QED) is 0.681. The summed E-state index contributed by atoms with van der Waals surface area (Å²) >= 11 is 15.7. The van der Waals surface area contributed by atoms with E-state index in [1.54, 1.807) is 6.07 Å². The molecule has 2 aromatic rings. The lowest BCUT2D eigenvalue weighted by molar-refractivity contribution is 0.545. The molecule has 0 amide bonds. The average molecular weight is 391 g/mol. The van der Waals surface area contributed by atoms with Crippen molar-refractivity contribution in [3.8, 4) is 0 Å². The second-order valence-corrected chi connectivity index (χ2v) is 6.41. The normalized spacial score (nSPS) is 12.4. The molecule has 0 aliphatic heterocycles. The average Bonchev–Trinajstić information content (AvgIpc) is 2.42. The molecule has 0 aliphatic rings. The lowest BCUT2D eigenvalue weighted by Gasteiger charge is -2.20. The Balaban J connectivity index is 2.32. The third-order valence-electron chi connectivity index (χ3n) is 3.22. The Bertz CT molecular complexity index is 634. The Morgan fingerprint density at radius 1 is 1.19 bits per heavy atom. The molecule has 2 rings (SSSR count). The summed E-state index contributed by atoms with van der Waals surface area (Å²) in [6, 6.07) is 10.1. The predicted octanol–water partition coefficient (Wildman–Crippen LogP) is 5.79. The van der Waals surface area contributed by atoms with Crippen LogP contribution in [0.3, 0.4) is 0 Å². The summed E-state index contributed by atoms with van der Waals surface area (Å²) in [5.41, 5.74) is 1.85. The largest absolute Gasteiger partial charge is 0.310 e. The van der Waals surface area contributed by atoms with Crippen LogP contribution in [0.15, 0.2) is 40.9 Å². The van der Waals surface area contributed by atoms with Gasteiger partial charge >= 0.3 is 0 Å². The first kappa shape index (κ1) is 16.8. The summed E-state index contributed by atoms with van der Waals surface area (Å²) in [7, 11) is 0. The fourth-order valence-corrected chi connectivity index (χ4v) is 3.40. The topological polar surface area (TPSA) is 12.0 Å². The van der Waals surface area contributed by atoms with Gasteiger partial charge in [-0.3, -0.25) is 0 Å². The van der Waals surface area contributed by atoms with Crippen molar-refractivity contribution in [3.05, 3.63) is 67.9 Å². The molecule has 0 aromatic heterocycles. The molecule has 0 heterocycles. The highest BCUT2D eigenvalue weighted by Crippen LogP contribution is 2.30. The molecule has 5 heteroatoms. The van der Waals surface area contributed by atoms with Crippen molar-refractivity contribution in [3.63, 3.8) is 0 Å². The minimum Gasteiger partial charge on any atom is -0.310 e. The van der Waals surface area contributed by atoms with Crippen molar-refractivity contribution in [2.75, 3.05) is 6.54 Å². The third-order valence-corrected chi connectivity index (χ3v) is 4.51. The maximum Gasteiger partial charge on any atom is 0.123 e. The van der Waals surface area contributed by atoms with Crippen LogP contribution < -0.4 is 5.32 Å². The van der Waals surface area contributed by atoms with Crippen LogP contribution in [-0.2, 0) is 6.42 Å². The molecule has 1 nitrogen and oxygen atoms in total. The molecule has 1 atom stereocenters. The van der Waals surface area contributed by atoms with Gasteiger partial charge in [-0.15, -0.1) is 0 Å². The second kappa shape index (κ2) is 7.59. The van der Waals surface area contributed by atoms with Crippen LogP contribution in [0.5, 0.6) is 0 Å². The first-order chi connectivity index (χ1) is 10.0. The lowest BCUT2D eigenvalue weighted by Crippen LogP contribution is -2.23. The maximum atomic E-state index is 13.4. The lowest BCUT2D eigenvalue weighted by atomic mass is 9.98. The van der Waals surface area contributed by atoms with Crippen LogP contribution in [0.4, 0.5) is 4.39 Å². The minimum absolute atomic E-state index is 0.0286.